The number of carbonyl (C=O) groups is 1. The van der Waals surface area contributed by atoms with Gasteiger partial charge in [-0.1, -0.05) is 29.4 Å². The summed E-state index contributed by atoms with van der Waals surface area (Å²) in [7, 11) is 0. The zero-order valence-corrected chi connectivity index (χ0v) is 14.0. The molecule has 2 rings (SSSR count). The molecule has 7 heteroatoms. The highest BCUT2D eigenvalue weighted by molar-refractivity contribution is 5.94. The van der Waals surface area contributed by atoms with Gasteiger partial charge in [0.2, 0.25) is 6.10 Å². The third-order valence-corrected chi connectivity index (χ3v) is 3.21. The fourth-order valence-corrected chi connectivity index (χ4v) is 1.85. The minimum Gasteiger partial charge on any atom is -0.486 e. The summed E-state index contributed by atoms with van der Waals surface area (Å²) in [4.78, 5) is 17.0. The summed E-state index contributed by atoms with van der Waals surface area (Å²) in [5, 5.41) is 6.09. The molecule has 1 unspecified atom stereocenters. The van der Waals surface area contributed by atoms with Gasteiger partial charge in [-0.25, -0.2) is 4.39 Å². The Bertz CT molecular complexity index is 750. The Labute approximate surface area is 145 Å². The van der Waals surface area contributed by atoms with Crippen LogP contribution in [0.2, 0.25) is 0 Å². The largest absolute Gasteiger partial charge is 0.486 e. The first-order chi connectivity index (χ1) is 12.0. The van der Waals surface area contributed by atoms with Crippen LogP contribution < -0.4 is 15.8 Å². The van der Waals surface area contributed by atoms with Gasteiger partial charge in [-0.15, -0.1) is 0 Å². The number of carbonyl (C=O) groups excluding carboxylic acids is 1. The molecule has 0 aliphatic carbocycles. The number of amidine groups is 1. The van der Waals surface area contributed by atoms with Crippen LogP contribution in [-0.2, 0) is 9.63 Å². The molecular formula is C18H20FN3O3. The van der Waals surface area contributed by atoms with Crippen molar-refractivity contribution in [3.05, 3.63) is 59.9 Å². The second-order valence-electron chi connectivity index (χ2n) is 5.40. The van der Waals surface area contributed by atoms with Crippen LogP contribution in [-0.4, -0.2) is 24.5 Å². The van der Waals surface area contributed by atoms with Gasteiger partial charge in [0.15, 0.2) is 5.84 Å². The number of hydrogen-bond donors (Lipinski definition) is 2. The van der Waals surface area contributed by atoms with Crippen LogP contribution in [0, 0.1) is 12.7 Å². The molecular weight excluding hydrogens is 325 g/mol. The molecule has 0 aliphatic rings. The molecule has 0 aromatic heterocycles. The maximum absolute atomic E-state index is 13.7. The quantitative estimate of drug-likeness (QED) is 0.459. The van der Waals surface area contributed by atoms with Crippen molar-refractivity contribution in [1.82, 2.24) is 0 Å². The van der Waals surface area contributed by atoms with Crippen LogP contribution >= 0.6 is 0 Å². The molecule has 132 valence electrons. The van der Waals surface area contributed by atoms with Gasteiger partial charge in [0.05, 0.1) is 5.69 Å². The summed E-state index contributed by atoms with van der Waals surface area (Å²) in [6.07, 6.45) is -0.948. The van der Waals surface area contributed by atoms with Gasteiger partial charge in [-0.05, 0) is 43.7 Å². The summed E-state index contributed by atoms with van der Waals surface area (Å²) in [5.41, 5.74) is 6.51. The molecule has 0 aliphatic heterocycles. The zero-order valence-electron chi connectivity index (χ0n) is 14.0. The molecule has 0 spiro atoms. The Balaban J connectivity index is 1.83. The number of amides is 1. The molecule has 2 aromatic carbocycles. The number of nitrogens with two attached hydrogens (primary N) is 1. The molecule has 0 fully saturated rings. The van der Waals surface area contributed by atoms with E-state index in [1.807, 2.05) is 18.2 Å². The second kappa shape index (κ2) is 8.68. The van der Waals surface area contributed by atoms with Gasteiger partial charge in [-0.3, -0.25) is 4.79 Å². The normalized spacial score (nSPS) is 12.4. The molecule has 3 N–H and O–H groups in total. The van der Waals surface area contributed by atoms with Crippen molar-refractivity contribution in [3.63, 3.8) is 0 Å². The van der Waals surface area contributed by atoms with Crippen LogP contribution in [0.25, 0.3) is 0 Å². The minimum atomic E-state index is -0.948. The van der Waals surface area contributed by atoms with Gasteiger partial charge in [-0.2, -0.15) is 0 Å². The van der Waals surface area contributed by atoms with Crippen molar-refractivity contribution in [2.24, 2.45) is 10.9 Å². The third-order valence-electron chi connectivity index (χ3n) is 3.21. The average molecular weight is 345 g/mol. The summed E-state index contributed by atoms with van der Waals surface area (Å²) in [6, 6.07) is 13.6. The van der Waals surface area contributed by atoms with Crippen LogP contribution in [0.5, 0.6) is 5.75 Å². The maximum atomic E-state index is 13.7. The van der Waals surface area contributed by atoms with E-state index in [1.54, 1.807) is 25.1 Å². The summed E-state index contributed by atoms with van der Waals surface area (Å²) < 4.78 is 19.1. The lowest BCUT2D eigenvalue weighted by molar-refractivity contribution is -0.126. The fraction of sp³-hybridized carbons (Fsp3) is 0.222. The number of nitrogens with one attached hydrogen (secondary N) is 1. The predicted octanol–water partition coefficient (Wildman–Crippen LogP) is 2.83. The molecule has 6 nitrogen and oxygen atoms in total. The lowest BCUT2D eigenvalue weighted by Crippen LogP contribution is -2.29. The predicted molar refractivity (Wildman–Crippen MR) is 93.9 cm³/mol. The third kappa shape index (κ3) is 5.80. The number of oxime groups is 1. The van der Waals surface area contributed by atoms with Crippen LogP contribution in [0.4, 0.5) is 10.1 Å². The molecule has 2 aromatic rings. The van der Waals surface area contributed by atoms with Gasteiger partial charge in [0.25, 0.3) is 5.91 Å². The number of para-hydroxylation sites is 1. The summed E-state index contributed by atoms with van der Waals surface area (Å²) in [6.45, 7) is 3.26. The number of rotatable bonds is 7. The number of nitrogens with zero attached hydrogens (tertiary/aromatic N) is 1. The van der Waals surface area contributed by atoms with Crippen LogP contribution in [0.15, 0.2) is 53.7 Å². The van der Waals surface area contributed by atoms with E-state index in [2.05, 4.69) is 10.5 Å². The molecule has 0 heterocycles. The van der Waals surface area contributed by atoms with E-state index in [9.17, 15) is 9.18 Å². The molecule has 0 radical (unpaired) electrons. The van der Waals surface area contributed by atoms with Crippen molar-refractivity contribution in [3.8, 4) is 5.75 Å². The Kier molecular flexibility index (Phi) is 6.33. The molecule has 1 amide bonds. The second-order valence-corrected chi connectivity index (χ2v) is 5.40. The van der Waals surface area contributed by atoms with Crippen molar-refractivity contribution in [2.45, 2.75) is 20.0 Å². The highest BCUT2D eigenvalue weighted by Gasteiger charge is 2.16. The van der Waals surface area contributed by atoms with Crippen molar-refractivity contribution >= 4 is 17.4 Å². The number of anilines is 1. The molecule has 0 saturated heterocycles. The topological polar surface area (TPSA) is 85.9 Å². The first kappa shape index (κ1) is 18.3. The fourth-order valence-electron chi connectivity index (χ4n) is 1.85. The SMILES string of the molecule is Cc1ccc(NC(=O)C(C)ON=C(N)COc2ccccc2)c(F)c1. The monoisotopic (exact) mass is 345 g/mol. The smallest absolute Gasteiger partial charge is 0.268 e. The number of aryl methyl sites for hydroxylation is 1. The minimum absolute atomic E-state index is 0.0188. The van der Waals surface area contributed by atoms with Crippen LogP contribution in [0.1, 0.15) is 12.5 Å². The van der Waals surface area contributed by atoms with Gasteiger partial charge in [0.1, 0.15) is 18.2 Å². The number of halogens is 1. The Morgan fingerprint density at radius 1 is 1.28 bits per heavy atom. The van der Waals surface area contributed by atoms with Crippen LogP contribution in [0.3, 0.4) is 0 Å². The van der Waals surface area contributed by atoms with E-state index >= 15 is 0 Å². The van der Waals surface area contributed by atoms with Crippen molar-refractivity contribution in [1.29, 1.82) is 0 Å². The summed E-state index contributed by atoms with van der Waals surface area (Å²) in [5.74, 6) is -0.339. The summed E-state index contributed by atoms with van der Waals surface area (Å²) >= 11 is 0. The number of benzene rings is 2. The van der Waals surface area contributed by atoms with E-state index < -0.39 is 17.8 Å². The lowest BCUT2D eigenvalue weighted by atomic mass is 10.2. The van der Waals surface area contributed by atoms with Crippen molar-refractivity contribution < 1.29 is 18.8 Å². The molecule has 0 saturated carbocycles. The van der Waals surface area contributed by atoms with E-state index in [-0.39, 0.29) is 18.1 Å². The zero-order chi connectivity index (χ0) is 18.2. The first-order valence-electron chi connectivity index (χ1n) is 7.68. The van der Waals surface area contributed by atoms with E-state index in [0.717, 1.165) is 5.56 Å². The van der Waals surface area contributed by atoms with Gasteiger partial charge < -0.3 is 20.6 Å². The molecule has 0 bridgehead atoms. The number of ether oxygens (including phenoxy) is 1. The number of hydrogen-bond acceptors (Lipinski definition) is 4. The highest BCUT2D eigenvalue weighted by atomic mass is 19.1. The average Bonchev–Trinajstić information content (AvgIpc) is 2.61. The first-order valence-corrected chi connectivity index (χ1v) is 7.68. The molecule has 1 atom stereocenters. The van der Waals surface area contributed by atoms with Gasteiger partial charge in [0, 0.05) is 0 Å². The Morgan fingerprint density at radius 3 is 2.68 bits per heavy atom. The van der Waals surface area contributed by atoms with E-state index in [4.69, 9.17) is 15.3 Å². The van der Waals surface area contributed by atoms with E-state index in [1.165, 1.54) is 19.1 Å². The van der Waals surface area contributed by atoms with E-state index in [0.29, 0.717) is 5.75 Å². The standard InChI is InChI=1S/C18H20FN3O3/c1-12-8-9-16(15(19)10-12)21-18(23)13(2)25-22-17(20)11-24-14-6-4-3-5-7-14/h3-10,13H,11H2,1-2H3,(H2,20,22)(H,21,23). The highest BCUT2D eigenvalue weighted by Crippen LogP contribution is 2.15. The Hall–Kier alpha value is -3.09. The Morgan fingerprint density at radius 2 is 2.00 bits per heavy atom. The lowest BCUT2D eigenvalue weighted by Gasteiger charge is -2.12. The van der Waals surface area contributed by atoms with Crippen molar-refractivity contribution in [2.75, 3.05) is 11.9 Å². The maximum Gasteiger partial charge on any atom is 0.268 e. The molecule has 25 heavy (non-hydrogen) atoms. The van der Waals surface area contributed by atoms with Gasteiger partial charge >= 0.3 is 0 Å².